The number of rotatable bonds is 1. The van der Waals surface area contributed by atoms with Gasteiger partial charge in [0.15, 0.2) is 5.78 Å². The third-order valence-corrected chi connectivity index (χ3v) is 2.98. The summed E-state index contributed by atoms with van der Waals surface area (Å²) in [5.74, 6) is -0.142. The largest absolute Gasteiger partial charge is 0.348 e. The lowest BCUT2D eigenvalue weighted by Gasteiger charge is -2.02. The maximum atomic E-state index is 11.3. The van der Waals surface area contributed by atoms with Crippen molar-refractivity contribution in [2.24, 2.45) is 0 Å². The molecule has 4 heteroatoms. The summed E-state index contributed by atoms with van der Waals surface area (Å²) in [6.07, 6.45) is 0. The molecule has 0 unspecified atom stereocenters. The molecule has 2 rings (SSSR count). The highest BCUT2D eigenvalue weighted by Gasteiger charge is 2.22. The van der Waals surface area contributed by atoms with Crippen LogP contribution in [0.15, 0.2) is 16.6 Å². The molecule has 0 bridgehead atoms. The van der Waals surface area contributed by atoms with Crippen molar-refractivity contribution < 1.29 is 9.59 Å². The van der Waals surface area contributed by atoms with Crippen molar-refractivity contribution in [3.8, 4) is 0 Å². The van der Waals surface area contributed by atoms with Crippen LogP contribution in [0.1, 0.15) is 33.2 Å². The summed E-state index contributed by atoms with van der Waals surface area (Å²) in [7, 11) is 0. The van der Waals surface area contributed by atoms with Gasteiger partial charge in [0.25, 0.3) is 5.91 Å². The van der Waals surface area contributed by atoms with Crippen molar-refractivity contribution >= 4 is 27.6 Å². The number of Topliss-reactive ketones (excluding diaryl/α,β-unsaturated/α-hetero) is 1. The third kappa shape index (κ3) is 1.35. The molecule has 72 valence electrons. The van der Waals surface area contributed by atoms with Crippen LogP contribution in [-0.4, -0.2) is 11.7 Å². The maximum absolute atomic E-state index is 11.3. The first-order chi connectivity index (χ1) is 6.59. The fourth-order valence-corrected chi connectivity index (χ4v) is 2.09. The van der Waals surface area contributed by atoms with Crippen molar-refractivity contribution in [3.05, 3.63) is 33.3 Å². The van der Waals surface area contributed by atoms with Crippen LogP contribution >= 0.6 is 15.9 Å². The van der Waals surface area contributed by atoms with Gasteiger partial charge in [0, 0.05) is 22.1 Å². The van der Waals surface area contributed by atoms with Gasteiger partial charge < -0.3 is 5.32 Å². The van der Waals surface area contributed by atoms with E-state index in [0.717, 1.165) is 10.0 Å². The standard InChI is InChI=1S/C10H8BrNO2/c1-5(13)6-2-7-8(9(11)3-6)4-12-10(7)14/h2-3H,4H2,1H3,(H,12,14). The quantitative estimate of drug-likeness (QED) is 0.778. The van der Waals surface area contributed by atoms with Gasteiger partial charge in [0.2, 0.25) is 0 Å². The van der Waals surface area contributed by atoms with E-state index in [0.29, 0.717) is 17.7 Å². The van der Waals surface area contributed by atoms with Crippen LogP contribution in [-0.2, 0) is 6.54 Å². The second kappa shape index (κ2) is 3.20. The zero-order chi connectivity index (χ0) is 10.3. The van der Waals surface area contributed by atoms with Crippen LogP contribution in [0.3, 0.4) is 0 Å². The summed E-state index contributed by atoms with van der Waals surface area (Å²) in [5.41, 5.74) is 2.09. The van der Waals surface area contributed by atoms with Gasteiger partial charge >= 0.3 is 0 Å². The number of halogens is 1. The van der Waals surface area contributed by atoms with E-state index >= 15 is 0 Å². The molecule has 0 aromatic heterocycles. The normalized spacial score (nSPS) is 13.7. The lowest BCUT2D eigenvalue weighted by atomic mass is 10.0. The lowest BCUT2D eigenvalue weighted by molar-refractivity contribution is 0.0965. The summed E-state index contributed by atoms with van der Waals surface area (Å²) in [6, 6.07) is 3.40. The van der Waals surface area contributed by atoms with Gasteiger partial charge in [0.05, 0.1) is 0 Å². The van der Waals surface area contributed by atoms with Crippen LogP contribution < -0.4 is 5.32 Å². The van der Waals surface area contributed by atoms with E-state index in [1.165, 1.54) is 6.92 Å². The summed E-state index contributed by atoms with van der Waals surface area (Å²) < 4.78 is 0.818. The number of ketones is 1. The fraction of sp³-hybridized carbons (Fsp3) is 0.200. The molecule has 1 heterocycles. The first-order valence-corrected chi connectivity index (χ1v) is 5.00. The van der Waals surface area contributed by atoms with Gasteiger partial charge in [0.1, 0.15) is 0 Å². The Morgan fingerprint density at radius 2 is 2.21 bits per heavy atom. The minimum absolute atomic E-state index is 0.0341. The zero-order valence-corrected chi connectivity index (χ0v) is 9.14. The van der Waals surface area contributed by atoms with E-state index < -0.39 is 0 Å². The van der Waals surface area contributed by atoms with Crippen LogP contribution in [0.4, 0.5) is 0 Å². The number of fused-ring (bicyclic) bond motifs is 1. The molecule has 14 heavy (non-hydrogen) atoms. The number of nitrogens with one attached hydrogen (secondary N) is 1. The van der Waals surface area contributed by atoms with Crippen LogP contribution in [0.2, 0.25) is 0 Å². The molecule has 0 radical (unpaired) electrons. The molecule has 1 aromatic rings. The van der Waals surface area contributed by atoms with E-state index in [-0.39, 0.29) is 11.7 Å². The molecule has 1 N–H and O–H groups in total. The summed E-state index contributed by atoms with van der Waals surface area (Å²) in [4.78, 5) is 22.5. The molecule has 3 nitrogen and oxygen atoms in total. The van der Waals surface area contributed by atoms with E-state index in [9.17, 15) is 9.59 Å². The Labute approximate surface area is 89.6 Å². The second-order valence-electron chi connectivity index (χ2n) is 3.22. The molecule has 0 atom stereocenters. The lowest BCUT2D eigenvalue weighted by Crippen LogP contribution is -2.12. The van der Waals surface area contributed by atoms with Crippen LogP contribution in [0, 0.1) is 0 Å². The van der Waals surface area contributed by atoms with Gasteiger partial charge in [-0.25, -0.2) is 0 Å². The van der Waals surface area contributed by atoms with Gasteiger partial charge in [-0.15, -0.1) is 0 Å². The Bertz CT molecular complexity index is 440. The maximum Gasteiger partial charge on any atom is 0.251 e. The second-order valence-corrected chi connectivity index (χ2v) is 4.08. The number of hydrogen-bond acceptors (Lipinski definition) is 2. The number of carbonyl (C=O) groups excluding carboxylic acids is 2. The Morgan fingerprint density at radius 3 is 2.86 bits per heavy atom. The van der Waals surface area contributed by atoms with Gasteiger partial charge in [-0.3, -0.25) is 9.59 Å². The van der Waals surface area contributed by atoms with Crippen LogP contribution in [0.25, 0.3) is 0 Å². The molecule has 0 spiro atoms. The van der Waals surface area contributed by atoms with E-state index in [1.807, 2.05) is 0 Å². The first kappa shape index (κ1) is 9.40. The van der Waals surface area contributed by atoms with Crippen molar-refractivity contribution in [1.29, 1.82) is 0 Å². The SMILES string of the molecule is CC(=O)c1cc(Br)c2c(c1)C(=O)NC2. The van der Waals surface area contributed by atoms with Gasteiger partial charge in [-0.2, -0.15) is 0 Å². The number of benzene rings is 1. The van der Waals surface area contributed by atoms with E-state index in [4.69, 9.17) is 0 Å². The summed E-state index contributed by atoms with van der Waals surface area (Å²) in [6.45, 7) is 2.02. The van der Waals surface area contributed by atoms with E-state index in [1.54, 1.807) is 12.1 Å². The first-order valence-electron chi connectivity index (χ1n) is 4.21. The molecule has 0 fully saturated rings. The highest BCUT2D eigenvalue weighted by Crippen LogP contribution is 2.26. The Kier molecular flexibility index (Phi) is 2.15. The van der Waals surface area contributed by atoms with Gasteiger partial charge in [-0.05, 0) is 24.6 Å². The van der Waals surface area contributed by atoms with Crippen molar-refractivity contribution in [2.45, 2.75) is 13.5 Å². The third-order valence-electron chi connectivity index (χ3n) is 2.27. The molecule has 1 aromatic carbocycles. The summed E-state index contributed by atoms with van der Waals surface area (Å²) in [5, 5.41) is 2.71. The molecule has 0 saturated heterocycles. The average molecular weight is 254 g/mol. The van der Waals surface area contributed by atoms with Crippen molar-refractivity contribution in [2.75, 3.05) is 0 Å². The smallest absolute Gasteiger partial charge is 0.251 e. The molecule has 1 amide bonds. The van der Waals surface area contributed by atoms with E-state index in [2.05, 4.69) is 21.2 Å². The molecule has 0 aliphatic carbocycles. The predicted molar refractivity (Wildman–Crippen MR) is 55.3 cm³/mol. The minimum atomic E-state index is -0.108. The molecule has 1 aliphatic rings. The minimum Gasteiger partial charge on any atom is -0.348 e. The average Bonchev–Trinajstić information content (AvgIpc) is 2.48. The highest BCUT2D eigenvalue weighted by molar-refractivity contribution is 9.10. The van der Waals surface area contributed by atoms with Gasteiger partial charge in [-0.1, -0.05) is 15.9 Å². The Morgan fingerprint density at radius 1 is 1.50 bits per heavy atom. The Balaban J connectivity index is 2.64. The molecule has 1 aliphatic heterocycles. The summed E-state index contributed by atoms with van der Waals surface area (Å²) >= 11 is 3.35. The topological polar surface area (TPSA) is 46.2 Å². The number of carbonyl (C=O) groups is 2. The molecule has 0 saturated carbocycles. The van der Waals surface area contributed by atoms with Crippen molar-refractivity contribution in [3.63, 3.8) is 0 Å². The predicted octanol–water partition coefficient (Wildman–Crippen LogP) is 1.90. The number of hydrogen-bond donors (Lipinski definition) is 1. The molecular weight excluding hydrogens is 246 g/mol. The number of amides is 1. The fourth-order valence-electron chi connectivity index (χ4n) is 1.49. The zero-order valence-electron chi connectivity index (χ0n) is 7.56. The highest BCUT2D eigenvalue weighted by atomic mass is 79.9. The van der Waals surface area contributed by atoms with Crippen LogP contribution in [0.5, 0.6) is 0 Å². The monoisotopic (exact) mass is 253 g/mol. The molecular formula is C10H8BrNO2. The van der Waals surface area contributed by atoms with Crippen molar-refractivity contribution in [1.82, 2.24) is 5.32 Å². The Hall–Kier alpha value is -1.16.